The van der Waals surface area contributed by atoms with Gasteiger partial charge >= 0.3 is 10.1 Å². The predicted octanol–water partition coefficient (Wildman–Crippen LogP) is 10.3. The number of fused-ring (bicyclic) bond motifs is 2. The molecule has 12 nitrogen and oxygen atoms in total. The van der Waals surface area contributed by atoms with E-state index in [2.05, 4.69) is 13.2 Å². The fraction of sp³-hybridized carbons (Fsp3) is 0.273. The second kappa shape index (κ2) is 23.0. The molecule has 5 atom stereocenters. The number of rotatable bonds is 23. The van der Waals surface area contributed by atoms with Gasteiger partial charge in [0.25, 0.3) is 0 Å². The lowest BCUT2D eigenvalue weighted by Crippen LogP contribution is -2.58. The monoisotopic (exact) mass is 940 g/mol. The van der Waals surface area contributed by atoms with Crippen molar-refractivity contribution in [1.29, 1.82) is 0 Å². The van der Waals surface area contributed by atoms with Crippen LogP contribution < -0.4 is 23.1 Å². The molecule has 0 saturated carbocycles. The van der Waals surface area contributed by atoms with Crippen LogP contribution in [0.15, 0.2) is 165 Å². The maximum atomic E-state index is 12.4. The van der Waals surface area contributed by atoms with E-state index in [4.69, 9.17) is 46.8 Å². The summed E-state index contributed by atoms with van der Waals surface area (Å²) in [7, 11) is -2.48. The average molecular weight is 941 g/mol. The normalized spacial score (nSPS) is 18.6. The summed E-state index contributed by atoms with van der Waals surface area (Å²) in [6.07, 6.45) is 0.536. The Morgan fingerprint density at radius 1 is 0.618 bits per heavy atom. The van der Waals surface area contributed by atoms with E-state index in [1.54, 1.807) is 24.3 Å². The Kier molecular flexibility index (Phi) is 16.3. The van der Waals surface area contributed by atoms with Crippen LogP contribution in [-0.2, 0) is 66.7 Å². The third-order valence-corrected chi connectivity index (χ3v) is 11.9. The summed E-state index contributed by atoms with van der Waals surface area (Å²) in [5.74, 6) is 1.88. The first kappa shape index (κ1) is 48.0. The summed E-state index contributed by atoms with van der Waals surface area (Å²) in [5.41, 5.74) is 5.66. The van der Waals surface area contributed by atoms with Crippen LogP contribution >= 0.6 is 0 Å². The van der Waals surface area contributed by atoms with Crippen molar-refractivity contribution >= 4 is 10.1 Å². The first-order valence-corrected chi connectivity index (χ1v) is 24.2. The minimum absolute atomic E-state index is 0.0174. The molecule has 0 radical (unpaired) electrons. The van der Waals surface area contributed by atoms with Crippen LogP contribution in [0.1, 0.15) is 45.0 Å². The van der Waals surface area contributed by atoms with E-state index in [-0.39, 0.29) is 57.6 Å². The van der Waals surface area contributed by atoms with Crippen LogP contribution in [-0.4, -0.2) is 66.0 Å². The maximum Gasteiger partial charge on any atom is 0.306 e. The highest BCUT2D eigenvalue weighted by atomic mass is 32.2. The lowest BCUT2D eigenvalue weighted by atomic mass is 9.87. The number of ether oxygens (including phenoxy) is 9. The summed E-state index contributed by atoms with van der Waals surface area (Å²) < 4.78 is 90.6. The molecule has 2 aliphatic rings. The summed E-state index contributed by atoms with van der Waals surface area (Å²) in [5, 5.41) is 0. The van der Waals surface area contributed by atoms with Crippen LogP contribution in [0, 0.1) is 0 Å². The van der Waals surface area contributed by atoms with Crippen LogP contribution in [0.3, 0.4) is 0 Å². The van der Waals surface area contributed by atoms with E-state index in [0.717, 1.165) is 28.5 Å². The largest absolute Gasteiger partial charge is 0.493 e. The van der Waals surface area contributed by atoms with Gasteiger partial charge in [0.1, 0.15) is 66.7 Å². The average Bonchev–Trinajstić information content (AvgIpc) is 3.35. The van der Waals surface area contributed by atoms with Crippen molar-refractivity contribution in [3.63, 3.8) is 0 Å². The number of methoxy groups -OCH3 is 1. The quantitative estimate of drug-likeness (QED) is 0.0448. The standard InChI is InChI=1S/C55H56O12S/c1-5-27-60-48-32-45-43(29-42-30-47(67-68(4,56)57)46(58-3)31-44(42)65-45)51(61-28-6-2)50(48)53-55(64-36-41-25-17-10-18-26-41)54(63-35-40-23-15-9-16-24-40)52(62-34-39-21-13-8-14-22-39)49(66-53)37-59-33-38-19-11-7-12-20-38/h5-26,30-32,49,52-55H,1-2,27-29,33-37H2,3-4H3/t49-,52-,53+,54+,55+/m1/s1. The SMILES string of the molecule is C=CCOc1cc2c(c(OCC=C)c1[C@@H]1O[C@H](COCc3ccccc3)[C@@H](OCc3ccccc3)[C@H](OCc3ccccc3)[C@H]1OCc1ccccc1)Cc1cc(OS(C)(=O)=O)c(OC)cc1O2. The van der Waals surface area contributed by atoms with Gasteiger partial charge in [0.2, 0.25) is 0 Å². The molecule has 1 saturated heterocycles. The van der Waals surface area contributed by atoms with E-state index in [9.17, 15) is 8.42 Å². The summed E-state index contributed by atoms with van der Waals surface area (Å²) in [6.45, 7) is 9.31. The molecule has 0 aromatic heterocycles. The van der Waals surface area contributed by atoms with Crippen LogP contribution in [0.25, 0.3) is 0 Å². The molecule has 0 amide bonds. The molecule has 1 fully saturated rings. The fourth-order valence-electron chi connectivity index (χ4n) is 8.31. The Morgan fingerprint density at radius 2 is 1.13 bits per heavy atom. The van der Waals surface area contributed by atoms with Gasteiger partial charge in [-0.15, -0.1) is 0 Å². The highest BCUT2D eigenvalue weighted by molar-refractivity contribution is 7.86. The van der Waals surface area contributed by atoms with E-state index < -0.39 is 40.6 Å². The number of hydrogen-bond donors (Lipinski definition) is 0. The molecular weight excluding hydrogens is 885 g/mol. The van der Waals surface area contributed by atoms with Crippen LogP contribution in [0.5, 0.6) is 34.5 Å². The molecule has 0 bridgehead atoms. The Labute approximate surface area is 398 Å². The Balaban J connectivity index is 1.29. The second-order valence-electron chi connectivity index (χ2n) is 16.4. The van der Waals surface area contributed by atoms with E-state index in [0.29, 0.717) is 46.3 Å². The molecule has 0 N–H and O–H groups in total. The third kappa shape index (κ3) is 12.2. The molecule has 0 unspecified atom stereocenters. The molecule has 68 heavy (non-hydrogen) atoms. The first-order chi connectivity index (χ1) is 33.2. The number of benzene rings is 6. The van der Waals surface area contributed by atoms with Gasteiger partial charge in [-0.25, -0.2) is 0 Å². The van der Waals surface area contributed by atoms with Gasteiger partial charge in [-0.05, 0) is 28.3 Å². The van der Waals surface area contributed by atoms with Gasteiger partial charge in [-0.2, -0.15) is 8.42 Å². The van der Waals surface area contributed by atoms with Gasteiger partial charge in [0, 0.05) is 29.7 Å². The van der Waals surface area contributed by atoms with Crippen molar-refractivity contribution in [2.75, 3.05) is 33.2 Å². The molecule has 8 rings (SSSR count). The smallest absolute Gasteiger partial charge is 0.306 e. The molecule has 0 spiro atoms. The van der Waals surface area contributed by atoms with Gasteiger partial charge in [0.05, 0.1) is 52.0 Å². The van der Waals surface area contributed by atoms with Crippen molar-refractivity contribution in [3.8, 4) is 34.5 Å². The van der Waals surface area contributed by atoms with E-state index >= 15 is 0 Å². The van der Waals surface area contributed by atoms with Gasteiger partial charge < -0.3 is 46.8 Å². The molecule has 2 aliphatic heterocycles. The van der Waals surface area contributed by atoms with Crippen LogP contribution in [0.2, 0.25) is 0 Å². The number of hydrogen-bond acceptors (Lipinski definition) is 12. The zero-order valence-electron chi connectivity index (χ0n) is 38.2. The van der Waals surface area contributed by atoms with Gasteiger partial charge in [0.15, 0.2) is 11.5 Å². The lowest BCUT2D eigenvalue weighted by Gasteiger charge is -2.47. The highest BCUT2D eigenvalue weighted by Gasteiger charge is 2.51. The van der Waals surface area contributed by atoms with Crippen molar-refractivity contribution in [3.05, 3.63) is 204 Å². The summed E-state index contributed by atoms with van der Waals surface area (Å²) >= 11 is 0. The predicted molar refractivity (Wildman–Crippen MR) is 258 cm³/mol. The van der Waals surface area contributed by atoms with E-state index in [1.165, 1.54) is 7.11 Å². The van der Waals surface area contributed by atoms with E-state index in [1.807, 2.05) is 127 Å². The van der Waals surface area contributed by atoms with Gasteiger partial charge in [-0.3, -0.25) is 0 Å². The molecular formula is C55H56O12S. The molecule has 6 aromatic carbocycles. The summed E-state index contributed by atoms with van der Waals surface area (Å²) in [6, 6.07) is 44.8. The molecule has 2 heterocycles. The first-order valence-electron chi connectivity index (χ1n) is 22.4. The Hall–Kier alpha value is -6.45. The molecule has 6 aromatic rings. The summed E-state index contributed by atoms with van der Waals surface area (Å²) in [4.78, 5) is 0. The Bertz CT molecular complexity index is 2700. The molecule has 13 heteroatoms. The second-order valence-corrected chi connectivity index (χ2v) is 17.9. The van der Waals surface area contributed by atoms with Crippen molar-refractivity contribution in [2.45, 2.75) is 63.4 Å². The minimum Gasteiger partial charge on any atom is -0.493 e. The van der Waals surface area contributed by atoms with Gasteiger partial charge in [-0.1, -0.05) is 147 Å². The van der Waals surface area contributed by atoms with Crippen molar-refractivity contribution in [1.82, 2.24) is 0 Å². The fourth-order valence-corrected chi connectivity index (χ4v) is 8.76. The maximum absolute atomic E-state index is 12.4. The van der Waals surface area contributed by atoms with Crippen molar-refractivity contribution < 1.29 is 55.2 Å². The molecule has 0 aliphatic carbocycles. The topological polar surface area (TPSA) is 126 Å². The lowest BCUT2D eigenvalue weighted by molar-refractivity contribution is -0.275. The van der Waals surface area contributed by atoms with Crippen LogP contribution in [0.4, 0.5) is 0 Å². The zero-order chi connectivity index (χ0) is 47.3. The van der Waals surface area contributed by atoms with Crippen molar-refractivity contribution in [2.24, 2.45) is 0 Å². The zero-order valence-corrected chi connectivity index (χ0v) is 39.0. The highest BCUT2D eigenvalue weighted by Crippen LogP contribution is 2.53. The molecule has 354 valence electrons. The Morgan fingerprint density at radius 3 is 1.68 bits per heavy atom. The third-order valence-electron chi connectivity index (χ3n) is 11.4. The minimum atomic E-state index is -3.91.